The van der Waals surface area contributed by atoms with E-state index >= 15 is 0 Å². The second-order valence-electron chi connectivity index (χ2n) is 4.87. The molecule has 0 unspecified atom stereocenters. The Morgan fingerprint density at radius 1 is 1.16 bits per heavy atom. The van der Waals surface area contributed by atoms with E-state index in [0.717, 1.165) is 6.07 Å². The molecule has 0 fully saturated rings. The monoisotopic (exact) mass is 264 g/mol. The van der Waals surface area contributed by atoms with Crippen molar-refractivity contribution in [2.45, 2.75) is 26.4 Å². The molecule has 0 aromatic heterocycles. The Kier molecular flexibility index (Phi) is 3.27. The van der Waals surface area contributed by atoms with Gasteiger partial charge in [0.2, 0.25) is 0 Å². The van der Waals surface area contributed by atoms with Crippen LogP contribution in [0.3, 0.4) is 0 Å². The normalized spacial score (nSPS) is 11.6. The van der Waals surface area contributed by atoms with Crippen LogP contribution in [0.4, 0.5) is 8.78 Å². The quantitative estimate of drug-likeness (QED) is 0.768. The average Bonchev–Trinajstić information content (AvgIpc) is 2.32. The lowest BCUT2D eigenvalue weighted by Crippen LogP contribution is -2.25. The maximum Gasteiger partial charge on any atom is 0.303 e. The first kappa shape index (κ1) is 13.5. The zero-order valence-corrected chi connectivity index (χ0v) is 11.0. The van der Waals surface area contributed by atoms with Crippen LogP contribution in [0.5, 0.6) is 0 Å². The van der Waals surface area contributed by atoms with E-state index < -0.39 is 23.2 Å². The van der Waals surface area contributed by atoms with Crippen molar-refractivity contribution in [3.8, 4) is 0 Å². The lowest BCUT2D eigenvalue weighted by atomic mass is 9.91. The van der Waals surface area contributed by atoms with E-state index in [1.807, 2.05) is 0 Å². The van der Waals surface area contributed by atoms with E-state index in [2.05, 4.69) is 0 Å². The van der Waals surface area contributed by atoms with Crippen LogP contribution in [-0.4, -0.2) is 5.97 Å². The van der Waals surface area contributed by atoms with Crippen molar-refractivity contribution in [2.24, 2.45) is 0 Å². The highest BCUT2D eigenvalue weighted by molar-refractivity contribution is 5.87. The van der Waals surface area contributed by atoms with Gasteiger partial charge in [0.25, 0.3) is 0 Å². The Morgan fingerprint density at radius 3 is 2.32 bits per heavy atom. The fourth-order valence-electron chi connectivity index (χ4n) is 2.22. The minimum atomic E-state index is -1.03. The first-order valence-corrected chi connectivity index (χ1v) is 5.90. The topological polar surface area (TPSA) is 26.3 Å². The molecule has 0 aliphatic rings. The number of benzene rings is 2. The molecule has 4 heteroatoms. The fourth-order valence-corrected chi connectivity index (χ4v) is 2.22. The van der Waals surface area contributed by atoms with Crippen LogP contribution in [0, 0.1) is 11.6 Å². The lowest BCUT2D eigenvalue weighted by molar-refractivity contribution is -0.154. The number of carbonyl (C=O) groups excluding carboxylic acids is 1. The van der Waals surface area contributed by atoms with Gasteiger partial charge in [-0.05, 0) is 25.3 Å². The van der Waals surface area contributed by atoms with Crippen LogP contribution >= 0.6 is 0 Å². The van der Waals surface area contributed by atoms with Crippen LogP contribution in [0.15, 0.2) is 30.3 Å². The average molecular weight is 264 g/mol. The number of hydrogen-bond donors (Lipinski definition) is 0. The highest BCUT2D eigenvalue weighted by atomic mass is 19.2. The van der Waals surface area contributed by atoms with Crippen LogP contribution in [0.2, 0.25) is 0 Å². The van der Waals surface area contributed by atoms with E-state index in [4.69, 9.17) is 4.74 Å². The van der Waals surface area contributed by atoms with E-state index in [9.17, 15) is 13.6 Å². The summed E-state index contributed by atoms with van der Waals surface area (Å²) in [5.41, 5.74) is -0.586. The SMILES string of the molecule is CC(=O)OC(C)(C)c1cc(F)c(F)c2ccccc12. The summed E-state index contributed by atoms with van der Waals surface area (Å²) < 4.78 is 32.6. The van der Waals surface area contributed by atoms with Gasteiger partial charge in [0, 0.05) is 17.9 Å². The molecular weight excluding hydrogens is 250 g/mol. The molecule has 0 saturated heterocycles. The van der Waals surface area contributed by atoms with Crippen LogP contribution in [0.1, 0.15) is 26.3 Å². The molecule has 2 rings (SSSR count). The summed E-state index contributed by atoms with van der Waals surface area (Å²) >= 11 is 0. The van der Waals surface area contributed by atoms with Gasteiger partial charge in [-0.1, -0.05) is 24.3 Å². The van der Waals surface area contributed by atoms with Crippen molar-refractivity contribution < 1.29 is 18.3 Å². The molecule has 0 saturated carbocycles. The summed E-state index contributed by atoms with van der Waals surface area (Å²) in [6.45, 7) is 4.57. The summed E-state index contributed by atoms with van der Waals surface area (Å²) in [6.07, 6.45) is 0. The van der Waals surface area contributed by atoms with Gasteiger partial charge in [0.05, 0.1) is 0 Å². The fraction of sp³-hybridized carbons (Fsp3) is 0.267. The van der Waals surface area contributed by atoms with Crippen molar-refractivity contribution in [3.05, 3.63) is 47.5 Å². The Balaban J connectivity index is 2.73. The molecule has 0 heterocycles. The third-order valence-electron chi connectivity index (χ3n) is 2.98. The minimum absolute atomic E-state index is 0.178. The molecule has 0 atom stereocenters. The zero-order chi connectivity index (χ0) is 14.2. The summed E-state index contributed by atoms with van der Waals surface area (Å²) in [5, 5.41) is 0.713. The Hall–Kier alpha value is -1.97. The number of esters is 1. The molecule has 2 aromatic rings. The van der Waals surface area contributed by atoms with Gasteiger partial charge in [0.15, 0.2) is 11.6 Å². The van der Waals surface area contributed by atoms with E-state index in [-0.39, 0.29) is 5.39 Å². The smallest absolute Gasteiger partial charge is 0.303 e. The number of rotatable bonds is 2. The molecular formula is C15H14F2O2. The Labute approximate surface area is 110 Å². The van der Waals surface area contributed by atoms with E-state index in [1.54, 1.807) is 32.0 Å². The largest absolute Gasteiger partial charge is 0.455 e. The van der Waals surface area contributed by atoms with Crippen molar-refractivity contribution >= 4 is 16.7 Å². The summed E-state index contributed by atoms with van der Waals surface area (Å²) in [4.78, 5) is 11.1. The predicted molar refractivity (Wildman–Crippen MR) is 68.7 cm³/mol. The number of hydrogen-bond acceptors (Lipinski definition) is 2. The Morgan fingerprint density at radius 2 is 1.74 bits per heavy atom. The molecule has 2 aromatic carbocycles. The van der Waals surface area contributed by atoms with Crippen molar-refractivity contribution in [3.63, 3.8) is 0 Å². The first-order valence-electron chi connectivity index (χ1n) is 5.90. The molecule has 0 N–H and O–H groups in total. The second-order valence-corrected chi connectivity index (χ2v) is 4.87. The Bertz CT molecular complexity index is 648. The van der Waals surface area contributed by atoms with Crippen molar-refractivity contribution in [1.29, 1.82) is 0 Å². The molecule has 2 nitrogen and oxygen atoms in total. The summed E-state index contributed by atoms with van der Waals surface area (Å²) in [5.74, 6) is -2.31. The van der Waals surface area contributed by atoms with Crippen LogP contribution in [-0.2, 0) is 15.1 Å². The van der Waals surface area contributed by atoms with Crippen LogP contribution < -0.4 is 0 Å². The van der Waals surface area contributed by atoms with Crippen LogP contribution in [0.25, 0.3) is 10.8 Å². The molecule has 0 bridgehead atoms. The molecule has 0 aliphatic carbocycles. The number of carbonyl (C=O) groups is 1. The maximum atomic E-state index is 13.7. The number of ether oxygens (including phenoxy) is 1. The van der Waals surface area contributed by atoms with Gasteiger partial charge >= 0.3 is 5.97 Å². The molecule has 0 amide bonds. The van der Waals surface area contributed by atoms with Gasteiger partial charge in [0.1, 0.15) is 5.60 Å². The zero-order valence-electron chi connectivity index (χ0n) is 11.0. The van der Waals surface area contributed by atoms with Gasteiger partial charge in [-0.15, -0.1) is 0 Å². The highest BCUT2D eigenvalue weighted by Crippen LogP contribution is 2.34. The van der Waals surface area contributed by atoms with E-state index in [0.29, 0.717) is 10.9 Å². The summed E-state index contributed by atoms with van der Waals surface area (Å²) in [6, 6.07) is 7.63. The molecule has 0 aliphatic heterocycles. The van der Waals surface area contributed by atoms with Crippen molar-refractivity contribution in [1.82, 2.24) is 0 Å². The first-order chi connectivity index (χ1) is 8.83. The third kappa shape index (κ3) is 2.43. The second kappa shape index (κ2) is 4.61. The van der Waals surface area contributed by atoms with Gasteiger partial charge < -0.3 is 4.74 Å². The van der Waals surface area contributed by atoms with Gasteiger partial charge in [-0.25, -0.2) is 8.78 Å². The summed E-state index contributed by atoms with van der Waals surface area (Å²) in [7, 11) is 0. The number of fused-ring (bicyclic) bond motifs is 1. The number of halogens is 2. The lowest BCUT2D eigenvalue weighted by Gasteiger charge is -2.26. The van der Waals surface area contributed by atoms with E-state index in [1.165, 1.54) is 13.0 Å². The highest BCUT2D eigenvalue weighted by Gasteiger charge is 2.28. The molecule has 0 spiro atoms. The standard InChI is InChI=1S/C15H14F2O2/c1-9(18)19-15(2,3)12-8-13(16)14(17)11-7-5-4-6-10(11)12/h4-8H,1-3H3. The molecule has 0 radical (unpaired) electrons. The minimum Gasteiger partial charge on any atom is -0.455 e. The third-order valence-corrected chi connectivity index (χ3v) is 2.98. The molecule has 100 valence electrons. The predicted octanol–water partition coefficient (Wildman–Crippen LogP) is 3.92. The maximum absolute atomic E-state index is 13.7. The van der Waals surface area contributed by atoms with Crippen molar-refractivity contribution in [2.75, 3.05) is 0 Å². The van der Waals surface area contributed by atoms with Gasteiger partial charge in [-0.3, -0.25) is 4.79 Å². The molecule has 19 heavy (non-hydrogen) atoms. The van der Waals surface area contributed by atoms with Gasteiger partial charge in [-0.2, -0.15) is 0 Å².